The predicted molar refractivity (Wildman–Crippen MR) is 36.4 cm³/mol. The second-order valence-electron chi connectivity index (χ2n) is 1.20. The highest BCUT2D eigenvalue weighted by molar-refractivity contribution is 9.09. The third-order valence-corrected chi connectivity index (χ3v) is 0.763. The van der Waals surface area contributed by atoms with Gasteiger partial charge in [-0.2, -0.15) is 0 Å². The third-order valence-electron chi connectivity index (χ3n) is 0.458. The van der Waals surface area contributed by atoms with Gasteiger partial charge in [0.25, 0.3) is 0 Å². The van der Waals surface area contributed by atoms with Crippen LogP contribution in [0.15, 0.2) is 12.2 Å². The Labute approximate surface area is 52.7 Å². The molecule has 38 valence electrons. The molecular weight excluding hydrogens is 152 g/mol. The summed E-state index contributed by atoms with van der Waals surface area (Å²) in [6.45, 7) is 2.01. The summed E-state index contributed by atoms with van der Waals surface area (Å²) in [5.41, 5.74) is 0. The van der Waals surface area contributed by atoms with Crippen LogP contribution in [0, 0.1) is 12.3 Å². The van der Waals surface area contributed by atoms with Crippen LogP contribution in [0.3, 0.4) is 0 Å². The van der Waals surface area contributed by atoms with Crippen LogP contribution in [0.25, 0.3) is 0 Å². The van der Waals surface area contributed by atoms with Crippen molar-refractivity contribution in [3.05, 3.63) is 12.2 Å². The Kier molecular flexibility index (Phi) is 3.83. The molecule has 7 heavy (non-hydrogen) atoms. The van der Waals surface area contributed by atoms with Crippen molar-refractivity contribution < 1.29 is 0 Å². The van der Waals surface area contributed by atoms with E-state index >= 15 is 0 Å². The lowest BCUT2D eigenvalue weighted by molar-refractivity contribution is 1.28. The SMILES string of the molecule is C#C/C=C/C(C)Br. The van der Waals surface area contributed by atoms with E-state index in [1.165, 1.54) is 0 Å². The van der Waals surface area contributed by atoms with Crippen molar-refractivity contribution in [2.75, 3.05) is 0 Å². The fourth-order valence-electron chi connectivity index (χ4n) is 0.188. The first-order valence-electron chi connectivity index (χ1n) is 2.04. The fraction of sp³-hybridized carbons (Fsp3) is 0.333. The predicted octanol–water partition coefficient (Wildman–Crippen LogP) is 1.96. The van der Waals surface area contributed by atoms with Crippen molar-refractivity contribution in [1.29, 1.82) is 0 Å². The van der Waals surface area contributed by atoms with E-state index in [0.29, 0.717) is 4.83 Å². The molecule has 0 bridgehead atoms. The van der Waals surface area contributed by atoms with E-state index in [1.807, 2.05) is 13.0 Å². The molecule has 0 aromatic carbocycles. The van der Waals surface area contributed by atoms with E-state index in [-0.39, 0.29) is 0 Å². The van der Waals surface area contributed by atoms with Gasteiger partial charge in [-0.1, -0.05) is 27.9 Å². The molecule has 0 spiro atoms. The molecule has 1 heteroatoms. The smallest absolute Gasteiger partial charge is 0.0306 e. The first-order valence-corrected chi connectivity index (χ1v) is 2.96. The van der Waals surface area contributed by atoms with Gasteiger partial charge in [0.1, 0.15) is 0 Å². The summed E-state index contributed by atoms with van der Waals surface area (Å²) in [7, 11) is 0. The van der Waals surface area contributed by atoms with Crippen LogP contribution in [0.2, 0.25) is 0 Å². The number of terminal acetylenes is 1. The molecule has 0 heterocycles. The van der Waals surface area contributed by atoms with Crippen molar-refractivity contribution in [3.8, 4) is 12.3 Å². The average Bonchev–Trinajstić information content (AvgIpc) is 1.61. The number of alkyl halides is 1. The maximum Gasteiger partial charge on any atom is 0.0306 e. The Morgan fingerprint density at radius 2 is 2.43 bits per heavy atom. The number of hydrogen-bond acceptors (Lipinski definition) is 0. The van der Waals surface area contributed by atoms with Gasteiger partial charge >= 0.3 is 0 Å². The maximum atomic E-state index is 4.92. The molecule has 1 atom stereocenters. The van der Waals surface area contributed by atoms with Gasteiger partial charge in [-0.25, -0.2) is 0 Å². The largest absolute Gasteiger partial charge is 0.115 e. The first-order chi connectivity index (χ1) is 3.27. The zero-order chi connectivity index (χ0) is 5.70. The number of allylic oxidation sites excluding steroid dienone is 2. The van der Waals surface area contributed by atoms with Crippen molar-refractivity contribution in [2.45, 2.75) is 11.8 Å². The minimum Gasteiger partial charge on any atom is -0.115 e. The van der Waals surface area contributed by atoms with E-state index in [4.69, 9.17) is 6.42 Å². The van der Waals surface area contributed by atoms with Crippen LogP contribution in [0.1, 0.15) is 6.92 Å². The quantitative estimate of drug-likeness (QED) is 0.405. The van der Waals surface area contributed by atoms with E-state index in [9.17, 15) is 0 Å². The molecular formula is C6H7Br. The summed E-state index contributed by atoms with van der Waals surface area (Å²) in [5.74, 6) is 2.39. The van der Waals surface area contributed by atoms with Gasteiger partial charge in [-0.3, -0.25) is 0 Å². The first kappa shape index (κ1) is 6.78. The zero-order valence-corrected chi connectivity index (χ0v) is 5.77. The number of halogens is 1. The van der Waals surface area contributed by atoms with Crippen LogP contribution >= 0.6 is 15.9 Å². The monoisotopic (exact) mass is 158 g/mol. The van der Waals surface area contributed by atoms with Crippen molar-refractivity contribution in [2.24, 2.45) is 0 Å². The minimum atomic E-state index is 0.392. The second kappa shape index (κ2) is 3.95. The summed E-state index contributed by atoms with van der Waals surface area (Å²) in [6.07, 6.45) is 8.50. The van der Waals surface area contributed by atoms with Gasteiger partial charge in [-0.05, 0) is 13.0 Å². The molecule has 0 rings (SSSR count). The average molecular weight is 159 g/mol. The lowest BCUT2D eigenvalue weighted by Crippen LogP contribution is -1.76. The summed E-state index contributed by atoms with van der Waals surface area (Å²) in [5, 5.41) is 0. The zero-order valence-electron chi connectivity index (χ0n) is 4.19. The molecule has 0 saturated carbocycles. The summed E-state index contributed by atoms with van der Waals surface area (Å²) in [6, 6.07) is 0. The third kappa shape index (κ3) is 5.78. The second-order valence-corrected chi connectivity index (χ2v) is 2.65. The molecule has 0 fully saturated rings. The molecule has 0 aromatic heterocycles. The molecule has 0 saturated heterocycles. The topological polar surface area (TPSA) is 0 Å². The summed E-state index contributed by atoms with van der Waals surface area (Å²) < 4.78 is 0. The molecule has 0 aliphatic heterocycles. The standard InChI is InChI=1S/C6H7Br/c1-3-4-5-6(2)7/h1,4-6H,2H3/b5-4+. The Hall–Kier alpha value is -0.220. The van der Waals surface area contributed by atoms with Crippen LogP contribution < -0.4 is 0 Å². The molecule has 0 aromatic rings. The van der Waals surface area contributed by atoms with E-state index in [0.717, 1.165) is 0 Å². The van der Waals surface area contributed by atoms with Crippen LogP contribution in [0.5, 0.6) is 0 Å². The van der Waals surface area contributed by atoms with Crippen LogP contribution in [0.4, 0.5) is 0 Å². The number of rotatable bonds is 1. The van der Waals surface area contributed by atoms with Crippen LogP contribution in [-0.2, 0) is 0 Å². The van der Waals surface area contributed by atoms with Crippen molar-refractivity contribution in [3.63, 3.8) is 0 Å². The van der Waals surface area contributed by atoms with Gasteiger partial charge in [0.05, 0.1) is 0 Å². The van der Waals surface area contributed by atoms with E-state index in [1.54, 1.807) is 6.08 Å². The Morgan fingerprint density at radius 3 is 2.57 bits per heavy atom. The molecule has 0 nitrogen and oxygen atoms in total. The summed E-state index contributed by atoms with van der Waals surface area (Å²) in [4.78, 5) is 0.392. The molecule has 1 unspecified atom stereocenters. The lowest BCUT2D eigenvalue weighted by atomic mass is 10.4. The lowest BCUT2D eigenvalue weighted by Gasteiger charge is -1.84. The van der Waals surface area contributed by atoms with E-state index in [2.05, 4.69) is 21.9 Å². The van der Waals surface area contributed by atoms with Gasteiger partial charge in [0.15, 0.2) is 0 Å². The molecule has 0 aliphatic carbocycles. The van der Waals surface area contributed by atoms with Crippen molar-refractivity contribution in [1.82, 2.24) is 0 Å². The van der Waals surface area contributed by atoms with Gasteiger partial charge in [0, 0.05) is 4.83 Å². The van der Waals surface area contributed by atoms with Crippen molar-refractivity contribution >= 4 is 15.9 Å². The molecule has 0 amide bonds. The van der Waals surface area contributed by atoms with E-state index < -0.39 is 0 Å². The Morgan fingerprint density at radius 1 is 1.86 bits per heavy atom. The summed E-state index contributed by atoms with van der Waals surface area (Å²) >= 11 is 3.29. The number of hydrogen-bond donors (Lipinski definition) is 0. The molecule has 0 N–H and O–H groups in total. The Bertz CT molecular complexity index is 95.2. The highest BCUT2D eigenvalue weighted by Crippen LogP contribution is 1.96. The molecule has 0 radical (unpaired) electrons. The van der Waals surface area contributed by atoms with Gasteiger partial charge < -0.3 is 0 Å². The van der Waals surface area contributed by atoms with Gasteiger partial charge in [0.2, 0.25) is 0 Å². The normalized spacial score (nSPS) is 13.9. The fourth-order valence-corrected chi connectivity index (χ4v) is 0.341. The van der Waals surface area contributed by atoms with Gasteiger partial charge in [-0.15, -0.1) is 6.42 Å². The van der Waals surface area contributed by atoms with Crippen LogP contribution in [-0.4, -0.2) is 4.83 Å². The molecule has 0 aliphatic rings. The minimum absolute atomic E-state index is 0.392. The highest BCUT2D eigenvalue weighted by atomic mass is 79.9. The highest BCUT2D eigenvalue weighted by Gasteiger charge is 1.80. The maximum absolute atomic E-state index is 4.92. The Balaban J connectivity index is 3.31.